The van der Waals surface area contributed by atoms with Crippen LogP contribution in [0.4, 0.5) is 4.79 Å². The number of nitrogens with zero attached hydrogens (tertiary/aromatic N) is 4. The van der Waals surface area contributed by atoms with Gasteiger partial charge in [-0.3, -0.25) is 9.89 Å². The monoisotopic (exact) mass is 456 g/mol. The minimum atomic E-state index is -0.0913. The summed E-state index contributed by atoms with van der Waals surface area (Å²) in [6, 6.07) is 15.9. The molecule has 0 aromatic heterocycles. The number of hydrogen-bond donors (Lipinski definition) is 0. The number of aliphatic imine (C=N–C) groups is 1. The van der Waals surface area contributed by atoms with Gasteiger partial charge >= 0.3 is 6.03 Å². The molecule has 3 rings (SSSR count). The Hall–Kier alpha value is -3.82. The number of likely N-dealkylation sites (tertiary alicyclic amines) is 1. The van der Waals surface area contributed by atoms with Crippen molar-refractivity contribution >= 4 is 18.4 Å². The van der Waals surface area contributed by atoms with E-state index in [1.54, 1.807) is 30.3 Å². The summed E-state index contributed by atoms with van der Waals surface area (Å²) in [4.78, 5) is 23.1. The molecule has 2 aromatic carbocycles. The van der Waals surface area contributed by atoms with E-state index in [0.717, 1.165) is 38.0 Å². The lowest BCUT2D eigenvalue weighted by Gasteiger charge is -2.37. The molecule has 34 heavy (non-hydrogen) atoms. The van der Waals surface area contributed by atoms with Gasteiger partial charge in [-0.2, -0.15) is 0 Å². The van der Waals surface area contributed by atoms with Crippen molar-refractivity contribution in [3.05, 3.63) is 84.3 Å². The van der Waals surface area contributed by atoms with E-state index in [-0.39, 0.29) is 12.1 Å². The number of hydrogen-bond acceptors (Lipinski definition) is 4. The number of amides is 2. The number of rotatable bonds is 8. The van der Waals surface area contributed by atoms with Crippen molar-refractivity contribution in [1.82, 2.24) is 14.7 Å². The predicted molar refractivity (Wildman–Crippen MR) is 138 cm³/mol. The van der Waals surface area contributed by atoms with E-state index in [2.05, 4.69) is 53.4 Å². The van der Waals surface area contributed by atoms with Crippen LogP contribution in [0.2, 0.25) is 0 Å². The molecule has 0 bridgehead atoms. The zero-order valence-electron chi connectivity index (χ0n) is 20.0. The SMILES string of the molecule is C#Cc1cc(C(=CN(C)C(=O)N(C)C2CCN(Cc3ccccc3)CC2)N=C)ccc1OC=C. The number of terminal acetylenes is 1. The lowest BCUT2D eigenvalue weighted by Crippen LogP contribution is -2.48. The first kappa shape index (κ1) is 24.8. The van der Waals surface area contributed by atoms with Gasteiger partial charge in [-0.05, 0) is 43.3 Å². The third kappa shape index (κ3) is 6.15. The van der Waals surface area contributed by atoms with Crippen LogP contribution in [-0.2, 0) is 6.54 Å². The predicted octanol–water partition coefficient (Wildman–Crippen LogP) is 4.84. The zero-order chi connectivity index (χ0) is 24.5. The summed E-state index contributed by atoms with van der Waals surface area (Å²) < 4.78 is 5.34. The van der Waals surface area contributed by atoms with Gasteiger partial charge in [0.1, 0.15) is 5.75 Å². The van der Waals surface area contributed by atoms with Crippen LogP contribution in [-0.4, -0.2) is 60.7 Å². The molecule has 1 saturated heterocycles. The number of urea groups is 1. The topological polar surface area (TPSA) is 48.4 Å². The first-order valence-electron chi connectivity index (χ1n) is 11.3. The Morgan fingerprint density at radius 2 is 1.94 bits per heavy atom. The van der Waals surface area contributed by atoms with Crippen molar-refractivity contribution in [1.29, 1.82) is 0 Å². The van der Waals surface area contributed by atoms with Crippen molar-refractivity contribution in [2.45, 2.75) is 25.4 Å². The summed E-state index contributed by atoms with van der Waals surface area (Å²) in [6.07, 6.45) is 10.5. The van der Waals surface area contributed by atoms with Crippen molar-refractivity contribution < 1.29 is 9.53 Å². The number of benzene rings is 2. The van der Waals surface area contributed by atoms with Crippen molar-refractivity contribution in [3.8, 4) is 18.1 Å². The minimum absolute atomic E-state index is 0.0913. The number of piperidine rings is 1. The first-order valence-corrected chi connectivity index (χ1v) is 11.3. The van der Waals surface area contributed by atoms with Crippen LogP contribution in [0.3, 0.4) is 0 Å². The van der Waals surface area contributed by atoms with Gasteiger partial charge in [-0.1, -0.05) is 42.8 Å². The quantitative estimate of drug-likeness (QED) is 0.325. The van der Waals surface area contributed by atoms with E-state index in [1.165, 1.54) is 11.8 Å². The summed E-state index contributed by atoms with van der Waals surface area (Å²) in [5, 5.41) is 0. The van der Waals surface area contributed by atoms with Crippen LogP contribution in [0.5, 0.6) is 5.75 Å². The van der Waals surface area contributed by atoms with Gasteiger partial charge in [-0.15, -0.1) is 6.42 Å². The number of carbonyl (C=O) groups is 1. The van der Waals surface area contributed by atoms with Gasteiger partial charge in [-0.25, -0.2) is 4.79 Å². The molecule has 176 valence electrons. The lowest BCUT2D eigenvalue weighted by molar-refractivity contribution is 0.121. The summed E-state index contributed by atoms with van der Waals surface area (Å²) >= 11 is 0. The molecule has 1 fully saturated rings. The molecular weight excluding hydrogens is 424 g/mol. The molecule has 0 unspecified atom stereocenters. The second-order valence-corrected chi connectivity index (χ2v) is 8.31. The van der Waals surface area contributed by atoms with Crippen molar-refractivity contribution in [2.24, 2.45) is 4.99 Å². The fourth-order valence-corrected chi connectivity index (χ4v) is 4.15. The maximum atomic E-state index is 13.1. The van der Waals surface area contributed by atoms with E-state index in [4.69, 9.17) is 11.2 Å². The highest BCUT2D eigenvalue weighted by Gasteiger charge is 2.27. The van der Waals surface area contributed by atoms with Crippen LogP contribution >= 0.6 is 0 Å². The van der Waals surface area contributed by atoms with Gasteiger partial charge in [0.2, 0.25) is 0 Å². The van der Waals surface area contributed by atoms with E-state index in [1.807, 2.05) is 24.1 Å². The summed E-state index contributed by atoms with van der Waals surface area (Å²) in [5.41, 5.74) is 3.18. The van der Waals surface area contributed by atoms with Crippen LogP contribution in [0.25, 0.3) is 5.70 Å². The standard InChI is InChI=1S/C28H32N4O2/c1-6-23-19-24(13-14-27(23)34-7-2)26(29-3)21-30(4)28(33)31(5)25-15-17-32(18-16-25)20-22-11-9-8-10-12-22/h1,7-14,19,21,25H,2-3,15-18,20H2,4-5H3. The lowest BCUT2D eigenvalue weighted by atomic mass is 10.0. The van der Waals surface area contributed by atoms with Gasteiger partial charge in [0, 0.05) is 51.5 Å². The maximum absolute atomic E-state index is 13.1. The van der Waals surface area contributed by atoms with Crippen molar-refractivity contribution in [2.75, 3.05) is 27.2 Å². The van der Waals surface area contributed by atoms with E-state index < -0.39 is 0 Å². The normalized spacial score (nSPS) is 14.7. The van der Waals surface area contributed by atoms with Crippen LogP contribution < -0.4 is 4.74 Å². The van der Waals surface area contributed by atoms with Gasteiger partial charge in [0.05, 0.1) is 17.5 Å². The Morgan fingerprint density at radius 3 is 2.56 bits per heavy atom. The molecule has 1 aliphatic heterocycles. The second-order valence-electron chi connectivity index (χ2n) is 8.31. The molecule has 0 spiro atoms. The summed E-state index contributed by atoms with van der Waals surface area (Å²) in [7, 11) is 3.59. The van der Waals surface area contributed by atoms with E-state index in [9.17, 15) is 4.79 Å². The Balaban J connectivity index is 1.63. The third-order valence-corrected chi connectivity index (χ3v) is 6.08. The van der Waals surface area contributed by atoms with Gasteiger partial charge in [0.15, 0.2) is 0 Å². The third-order valence-electron chi connectivity index (χ3n) is 6.08. The molecule has 0 N–H and O–H groups in total. The molecule has 2 aromatic rings. The molecule has 1 heterocycles. The Bertz CT molecular complexity index is 1080. The molecular formula is C28H32N4O2. The second kappa shape index (κ2) is 11.9. The Labute approximate surface area is 202 Å². The molecule has 0 aliphatic carbocycles. The largest absolute Gasteiger partial charge is 0.464 e. The van der Waals surface area contributed by atoms with Crippen LogP contribution in [0.1, 0.15) is 29.5 Å². The van der Waals surface area contributed by atoms with E-state index >= 15 is 0 Å². The average Bonchev–Trinajstić information content (AvgIpc) is 2.87. The Kier molecular flexibility index (Phi) is 8.66. The molecule has 0 atom stereocenters. The smallest absolute Gasteiger partial charge is 0.323 e. The number of ether oxygens (including phenoxy) is 1. The zero-order valence-corrected chi connectivity index (χ0v) is 20.0. The average molecular weight is 457 g/mol. The van der Waals surface area contributed by atoms with Crippen LogP contribution in [0, 0.1) is 12.3 Å². The first-order chi connectivity index (χ1) is 16.5. The highest BCUT2D eigenvalue weighted by atomic mass is 16.5. The fraction of sp³-hybridized carbons (Fsp3) is 0.286. The molecule has 0 radical (unpaired) electrons. The van der Waals surface area contributed by atoms with Gasteiger partial charge in [0.25, 0.3) is 0 Å². The number of carbonyl (C=O) groups excluding carboxylic acids is 1. The Morgan fingerprint density at radius 1 is 1.24 bits per heavy atom. The van der Waals surface area contributed by atoms with Crippen LogP contribution in [0.15, 0.2) is 72.6 Å². The molecule has 6 heteroatoms. The fourth-order valence-electron chi connectivity index (χ4n) is 4.15. The summed E-state index contributed by atoms with van der Waals surface area (Å²) in [5.74, 6) is 3.14. The minimum Gasteiger partial charge on any atom is -0.464 e. The maximum Gasteiger partial charge on any atom is 0.323 e. The molecule has 2 amide bonds. The highest BCUT2D eigenvalue weighted by molar-refractivity contribution is 5.79. The summed E-state index contributed by atoms with van der Waals surface area (Å²) in [6.45, 7) is 10.1. The molecule has 0 saturated carbocycles. The molecule has 6 nitrogen and oxygen atoms in total. The molecule has 1 aliphatic rings. The van der Waals surface area contributed by atoms with Crippen molar-refractivity contribution in [3.63, 3.8) is 0 Å². The van der Waals surface area contributed by atoms with E-state index in [0.29, 0.717) is 17.0 Å². The highest BCUT2D eigenvalue weighted by Crippen LogP contribution is 2.25. The van der Waals surface area contributed by atoms with Gasteiger partial charge < -0.3 is 14.5 Å².